The Kier molecular flexibility index (Phi) is 9.92. The molecule has 5 heteroatoms. The Morgan fingerprint density at radius 3 is 2.85 bits per heavy atom. The van der Waals surface area contributed by atoms with Crippen LogP contribution in [0.1, 0.15) is 38.5 Å². The van der Waals surface area contributed by atoms with E-state index in [-0.39, 0.29) is 25.2 Å². The monoisotopic (exact) mass is 394 g/mol. The number of allylic oxidation sites excluding steroid dienone is 2. The van der Waals surface area contributed by atoms with Crippen molar-refractivity contribution in [2.24, 2.45) is 11.8 Å². The van der Waals surface area contributed by atoms with Crippen molar-refractivity contribution in [3.05, 3.63) is 53.6 Å². The summed E-state index contributed by atoms with van der Waals surface area (Å²) in [6, 6.07) is 7.08. The quantitative estimate of drug-likeness (QED) is 0.390. The predicted molar refractivity (Wildman–Crippen MR) is 109 cm³/mol. The highest BCUT2D eigenvalue weighted by atomic mass is 35.5. The lowest BCUT2D eigenvalue weighted by molar-refractivity contribution is 0.133. The van der Waals surface area contributed by atoms with Crippen LogP contribution in [0.25, 0.3) is 0 Å². The van der Waals surface area contributed by atoms with Crippen molar-refractivity contribution in [1.29, 1.82) is 0 Å². The molecule has 0 aromatic heterocycles. The van der Waals surface area contributed by atoms with E-state index in [9.17, 15) is 10.2 Å². The third kappa shape index (κ3) is 8.06. The van der Waals surface area contributed by atoms with Crippen LogP contribution in [0.15, 0.2) is 48.6 Å². The van der Waals surface area contributed by atoms with E-state index >= 15 is 0 Å². The zero-order valence-electron chi connectivity index (χ0n) is 15.7. The Morgan fingerprint density at radius 1 is 1.22 bits per heavy atom. The second kappa shape index (κ2) is 12.2. The molecule has 2 rings (SSSR count). The van der Waals surface area contributed by atoms with E-state index < -0.39 is 6.10 Å². The van der Waals surface area contributed by atoms with Gasteiger partial charge in [0.15, 0.2) is 0 Å². The zero-order chi connectivity index (χ0) is 19.5. The van der Waals surface area contributed by atoms with Gasteiger partial charge >= 0.3 is 0 Å². The molecule has 1 aromatic rings. The number of ether oxygens (including phenoxy) is 1. The number of rotatable bonds is 11. The number of hydrogen-bond donors (Lipinski definition) is 3. The van der Waals surface area contributed by atoms with Crippen LogP contribution in [-0.2, 0) is 0 Å². The normalized spacial score (nSPS) is 24.1. The topological polar surface area (TPSA) is 69.9 Å². The van der Waals surface area contributed by atoms with Gasteiger partial charge in [0, 0.05) is 17.5 Å². The molecule has 1 aliphatic rings. The molecular weight excluding hydrogens is 364 g/mol. The largest absolute Gasteiger partial charge is 0.491 e. The fourth-order valence-electron chi connectivity index (χ4n) is 3.46. The molecule has 1 saturated carbocycles. The maximum absolute atomic E-state index is 10.3. The maximum atomic E-state index is 10.3. The molecule has 1 aromatic carbocycles. The van der Waals surface area contributed by atoms with Crippen LogP contribution in [0, 0.1) is 11.8 Å². The van der Waals surface area contributed by atoms with Crippen LogP contribution in [0.5, 0.6) is 5.75 Å². The van der Waals surface area contributed by atoms with Crippen molar-refractivity contribution in [1.82, 2.24) is 0 Å². The average Bonchev–Trinajstić information content (AvgIpc) is 3.01. The Hall–Kier alpha value is -1.33. The summed E-state index contributed by atoms with van der Waals surface area (Å²) in [6.45, 7) is 0.397. The molecule has 150 valence electrons. The lowest BCUT2D eigenvalue weighted by Gasteiger charge is -2.18. The summed E-state index contributed by atoms with van der Waals surface area (Å²) < 4.78 is 5.55. The van der Waals surface area contributed by atoms with Crippen molar-refractivity contribution in [3.8, 4) is 5.75 Å². The van der Waals surface area contributed by atoms with Crippen molar-refractivity contribution in [2.45, 2.75) is 50.7 Å². The Balaban J connectivity index is 1.78. The number of hydrogen-bond acceptors (Lipinski definition) is 4. The van der Waals surface area contributed by atoms with Crippen LogP contribution < -0.4 is 4.74 Å². The maximum Gasteiger partial charge on any atom is 0.120 e. The summed E-state index contributed by atoms with van der Waals surface area (Å²) in [5.41, 5.74) is 0. The second-order valence-electron chi connectivity index (χ2n) is 7.13. The van der Waals surface area contributed by atoms with Crippen molar-refractivity contribution >= 4 is 11.6 Å². The number of aliphatic hydroxyl groups excluding tert-OH is 3. The molecule has 27 heavy (non-hydrogen) atoms. The van der Waals surface area contributed by atoms with Gasteiger partial charge in [-0.05, 0) is 62.6 Å². The number of benzene rings is 1. The first-order chi connectivity index (χ1) is 13.1. The molecule has 0 radical (unpaired) electrons. The lowest BCUT2D eigenvalue weighted by atomic mass is 9.91. The number of unbranched alkanes of at least 4 members (excludes halogenated alkanes) is 2. The molecule has 0 saturated heterocycles. The van der Waals surface area contributed by atoms with E-state index in [2.05, 4.69) is 12.2 Å². The lowest BCUT2D eigenvalue weighted by Crippen LogP contribution is -2.19. The van der Waals surface area contributed by atoms with Gasteiger partial charge in [0.2, 0.25) is 0 Å². The summed E-state index contributed by atoms with van der Waals surface area (Å²) >= 11 is 5.92. The number of halogens is 1. The molecule has 0 heterocycles. The molecule has 0 spiro atoms. The molecule has 1 fully saturated rings. The Bertz CT molecular complexity index is 602. The molecule has 4 nitrogen and oxygen atoms in total. The highest BCUT2D eigenvalue weighted by Gasteiger charge is 2.32. The second-order valence-corrected chi connectivity index (χ2v) is 7.57. The molecule has 1 aliphatic carbocycles. The zero-order valence-corrected chi connectivity index (χ0v) is 16.5. The summed E-state index contributed by atoms with van der Waals surface area (Å²) in [5, 5.41) is 29.8. The minimum absolute atomic E-state index is 0.0629. The minimum Gasteiger partial charge on any atom is -0.491 e. The van der Waals surface area contributed by atoms with Gasteiger partial charge in [0.25, 0.3) is 0 Å². The minimum atomic E-state index is -0.730. The van der Waals surface area contributed by atoms with E-state index in [0.717, 1.165) is 38.5 Å². The molecule has 3 N–H and O–H groups in total. The van der Waals surface area contributed by atoms with Gasteiger partial charge in [-0.15, -0.1) is 0 Å². The van der Waals surface area contributed by atoms with Gasteiger partial charge in [-0.2, -0.15) is 0 Å². The van der Waals surface area contributed by atoms with Gasteiger partial charge < -0.3 is 20.1 Å². The van der Waals surface area contributed by atoms with Crippen LogP contribution in [-0.4, -0.2) is 40.7 Å². The van der Waals surface area contributed by atoms with Crippen molar-refractivity contribution in [2.75, 3.05) is 13.2 Å². The standard InChI is InChI=1S/C22H31ClO4/c23-18-8-6-9-20(15-18)27-16-19(25)11-12-21-17(10-13-22(21)26)7-4-2-1-3-5-14-24/h2,4,6,8-9,11-12,15,17,19,21-22,24-26H,1,3,5,7,10,13-14,16H2/b4-2-,12-11+/t17-,19+,21+,22+/m0/s1. The smallest absolute Gasteiger partial charge is 0.120 e. The van der Waals surface area contributed by atoms with Crippen molar-refractivity contribution in [3.63, 3.8) is 0 Å². The van der Waals surface area contributed by atoms with E-state index in [1.54, 1.807) is 30.3 Å². The fourth-order valence-corrected chi connectivity index (χ4v) is 3.64. The van der Waals surface area contributed by atoms with Crippen LogP contribution in [0.4, 0.5) is 0 Å². The fraction of sp³-hybridized carbons (Fsp3) is 0.545. The summed E-state index contributed by atoms with van der Waals surface area (Å²) in [7, 11) is 0. The molecule has 0 bridgehead atoms. The molecule has 0 unspecified atom stereocenters. The average molecular weight is 395 g/mol. The highest BCUT2D eigenvalue weighted by Crippen LogP contribution is 2.36. The summed E-state index contributed by atoms with van der Waals surface area (Å²) in [6.07, 6.45) is 12.5. The van der Waals surface area contributed by atoms with Crippen LogP contribution in [0.2, 0.25) is 5.02 Å². The van der Waals surface area contributed by atoms with Gasteiger partial charge in [-0.3, -0.25) is 0 Å². The highest BCUT2D eigenvalue weighted by molar-refractivity contribution is 6.30. The first-order valence-electron chi connectivity index (χ1n) is 9.79. The summed E-state index contributed by atoms with van der Waals surface area (Å²) in [5.74, 6) is 1.08. The van der Waals surface area contributed by atoms with E-state index in [4.69, 9.17) is 21.4 Å². The van der Waals surface area contributed by atoms with Crippen molar-refractivity contribution < 1.29 is 20.1 Å². The SMILES string of the molecule is OCCCC/C=C\C[C@H]1CC[C@@H](O)[C@@H]1/C=C/[C@@H](O)COc1cccc(Cl)c1. The molecule has 0 aliphatic heterocycles. The molecule has 4 atom stereocenters. The van der Waals surface area contributed by atoms with Gasteiger partial charge in [-0.25, -0.2) is 0 Å². The van der Waals surface area contributed by atoms with Gasteiger partial charge in [0.05, 0.1) is 6.10 Å². The van der Waals surface area contributed by atoms with E-state index in [0.29, 0.717) is 16.7 Å². The molecular formula is C22H31ClO4. The Labute approximate surface area is 167 Å². The number of aliphatic hydroxyl groups is 3. The summed E-state index contributed by atoms with van der Waals surface area (Å²) in [4.78, 5) is 0. The van der Waals surface area contributed by atoms with E-state index in [1.807, 2.05) is 6.08 Å². The third-order valence-corrected chi connectivity index (χ3v) is 5.21. The van der Waals surface area contributed by atoms with Gasteiger partial charge in [0.1, 0.15) is 18.5 Å². The molecule has 0 amide bonds. The third-order valence-electron chi connectivity index (χ3n) is 4.98. The van der Waals surface area contributed by atoms with Crippen LogP contribution >= 0.6 is 11.6 Å². The first kappa shape index (κ1) is 22.0. The van der Waals surface area contributed by atoms with Gasteiger partial charge in [-0.1, -0.05) is 42.0 Å². The first-order valence-corrected chi connectivity index (χ1v) is 10.2. The predicted octanol–water partition coefficient (Wildman–Crippen LogP) is 4.13. The Morgan fingerprint density at radius 2 is 2.07 bits per heavy atom. The van der Waals surface area contributed by atoms with E-state index in [1.165, 1.54) is 0 Å². The van der Waals surface area contributed by atoms with Crippen LogP contribution in [0.3, 0.4) is 0 Å².